The highest BCUT2D eigenvalue weighted by Gasteiger charge is 1.91. The van der Waals surface area contributed by atoms with Crippen LogP contribution in [0, 0.1) is 0 Å². The molecule has 0 atom stereocenters. The van der Waals surface area contributed by atoms with Crippen LogP contribution in [0.5, 0.6) is 0 Å². The Hall–Kier alpha value is 0.375. The van der Waals surface area contributed by atoms with Gasteiger partial charge in [-0.2, -0.15) is 11.8 Å². The summed E-state index contributed by atoms with van der Waals surface area (Å²) in [6.07, 6.45) is 0. The zero-order valence-corrected chi connectivity index (χ0v) is 7.08. The quantitative estimate of drug-likeness (QED) is 0.419. The van der Waals surface area contributed by atoms with E-state index in [4.69, 9.17) is 7.98 Å². The van der Waals surface area contributed by atoms with E-state index in [0.717, 1.165) is 18.8 Å². The third-order valence-corrected chi connectivity index (χ3v) is 2.01. The molecule has 0 saturated carbocycles. The Morgan fingerprint density at radius 1 is 1.44 bits per heavy atom. The highest BCUT2D eigenvalue weighted by Crippen LogP contribution is 1.97. The van der Waals surface area contributed by atoms with E-state index in [1.54, 1.807) is 0 Å². The van der Waals surface area contributed by atoms with Gasteiger partial charge in [0.25, 0.3) is 0 Å². The maximum Gasteiger partial charge on any atom is 0.182 e. The number of hydrogen-bond donors (Lipinski definition) is 0. The fraction of sp³-hybridized carbons (Fsp3) is 1.00. The normalized spacial score (nSPS) is 10.6. The lowest BCUT2D eigenvalue weighted by molar-refractivity contribution is 0.509. The molecule has 0 aromatic heterocycles. The highest BCUT2D eigenvalue weighted by molar-refractivity contribution is 7.99. The summed E-state index contributed by atoms with van der Waals surface area (Å²) in [5, 5.41) is 0. The average Bonchev–Trinajstić information content (AvgIpc) is 1.89. The van der Waals surface area contributed by atoms with Crippen LogP contribution < -0.4 is 0 Å². The smallest absolute Gasteiger partial charge is 0.182 e. The summed E-state index contributed by atoms with van der Waals surface area (Å²) in [6, 6.07) is 0. The van der Waals surface area contributed by atoms with E-state index in [0.29, 0.717) is 0 Å². The molecule has 0 aliphatic carbocycles. The molecule has 0 rings (SSSR count). The highest BCUT2D eigenvalue weighted by atomic mass is 32.2. The number of thioether (sulfide) groups is 1. The summed E-state index contributed by atoms with van der Waals surface area (Å²) < 4.78 is 0. The Balaban J connectivity index is 2.88. The molecule has 52 valence electrons. The van der Waals surface area contributed by atoms with Gasteiger partial charge in [0.1, 0.15) is 0 Å². The molecule has 2 radical (unpaired) electrons. The predicted molar refractivity (Wildman–Crippen MR) is 46.0 cm³/mol. The van der Waals surface area contributed by atoms with Gasteiger partial charge in [-0.05, 0) is 18.8 Å². The maximum atomic E-state index is 5.53. The Morgan fingerprint density at radius 2 is 2.11 bits per heavy atom. The topological polar surface area (TPSA) is 3.24 Å². The van der Waals surface area contributed by atoms with Gasteiger partial charge in [0.2, 0.25) is 0 Å². The summed E-state index contributed by atoms with van der Waals surface area (Å²) in [4.78, 5) is 1.84. The van der Waals surface area contributed by atoms with Crippen LogP contribution in [-0.2, 0) is 0 Å². The van der Waals surface area contributed by atoms with Crippen LogP contribution in [0.25, 0.3) is 0 Å². The summed E-state index contributed by atoms with van der Waals surface area (Å²) in [5.74, 6) is 2.35. The molecule has 0 saturated heterocycles. The first kappa shape index (κ1) is 9.37. The number of nitrogens with zero attached hydrogens (tertiary/aromatic N) is 1. The lowest BCUT2D eigenvalue weighted by Gasteiger charge is -2.12. The molecule has 0 aliphatic heterocycles. The van der Waals surface area contributed by atoms with Gasteiger partial charge in [0, 0.05) is 5.75 Å². The fourth-order valence-corrected chi connectivity index (χ4v) is 1.14. The Bertz CT molecular complexity index is 61.0. The third kappa shape index (κ3) is 6.26. The van der Waals surface area contributed by atoms with Crippen molar-refractivity contribution in [3.8, 4) is 0 Å². The van der Waals surface area contributed by atoms with Gasteiger partial charge >= 0.3 is 0 Å². The second-order valence-electron chi connectivity index (χ2n) is 1.83. The van der Waals surface area contributed by atoms with Crippen LogP contribution in [0.2, 0.25) is 0 Å². The van der Waals surface area contributed by atoms with Crippen molar-refractivity contribution in [2.24, 2.45) is 0 Å². The second-order valence-corrected chi connectivity index (χ2v) is 3.22. The summed E-state index contributed by atoms with van der Waals surface area (Å²) in [5.41, 5.74) is 0. The van der Waals surface area contributed by atoms with Crippen LogP contribution in [-0.4, -0.2) is 37.4 Å². The van der Waals surface area contributed by atoms with E-state index >= 15 is 0 Å². The molecule has 1 nitrogen and oxygen atoms in total. The van der Waals surface area contributed by atoms with Crippen molar-refractivity contribution in [1.29, 1.82) is 0 Å². The maximum absolute atomic E-state index is 5.53. The summed E-state index contributed by atoms with van der Waals surface area (Å²) in [7, 11) is 5.53. The van der Waals surface area contributed by atoms with Crippen LogP contribution >= 0.6 is 11.8 Å². The number of hydrogen-bond acceptors (Lipinski definition) is 2. The fourth-order valence-electron chi connectivity index (χ4n) is 0.484. The number of rotatable bonds is 5. The van der Waals surface area contributed by atoms with Crippen molar-refractivity contribution < 1.29 is 0 Å². The second kappa shape index (κ2) is 6.49. The van der Waals surface area contributed by atoms with Crippen LogP contribution in [0.3, 0.4) is 0 Å². The zero-order chi connectivity index (χ0) is 7.11. The molecule has 0 bridgehead atoms. The monoisotopic (exact) mass is 143 g/mol. The van der Waals surface area contributed by atoms with Crippen LogP contribution in [0.1, 0.15) is 13.8 Å². The van der Waals surface area contributed by atoms with Crippen molar-refractivity contribution in [2.45, 2.75) is 13.8 Å². The predicted octanol–water partition coefficient (Wildman–Crippen LogP) is 1.14. The third-order valence-electron chi connectivity index (χ3n) is 1.13. The van der Waals surface area contributed by atoms with Gasteiger partial charge in [0.15, 0.2) is 7.98 Å². The lowest BCUT2D eigenvalue weighted by atomic mass is 10.3. The van der Waals surface area contributed by atoms with Crippen LogP contribution in [0.15, 0.2) is 0 Å². The lowest BCUT2D eigenvalue weighted by Crippen LogP contribution is -2.22. The Labute approximate surface area is 63.6 Å². The van der Waals surface area contributed by atoms with Crippen molar-refractivity contribution >= 4 is 19.7 Å². The molecular weight excluding hydrogens is 129 g/mol. The SMILES string of the molecule is [B]N(CC)CCSCC. The minimum Gasteiger partial charge on any atom is -0.353 e. The first-order valence-electron chi connectivity index (χ1n) is 3.38. The largest absolute Gasteiger partial charge is 0.353 e. The molecule has 0 amide bonds. The van der Waals surface area contributed by atoms with E-state index in [1.807, 2.05) is 16.6 Å². The minimum atomic E-state index is 0.949. The molecule has 0 spiro atoms. The van der Waals surface area contributed by atoms with Gasteiger partial charge < -0.3 is 4.81 Å². The van der Waals surface area contributed by atoms with E-state index in [-0.39, 0.29) is 0 Å². The molecule has 0 fully saturated rings. The molecule has 0 aromatic carbocycles. The molecule has 0 aliphatic rings. The molecule has 9 heavy (non-hydrogen) atoms. The van der Waals surface area contributed by atoms with Crippen molar-refractivity contribution in [1.82, 2.24) is 4.81 Å². The standard InChI is InChI=1S/C6H14BNS/c1-3-8(7)5-6-9-4-2/h3-6H2,1-2H3. The van der Waals surface area contributed by atoms with E-state index in [1.165, 1.54) is 5.75 Å². The van der Waals surface area contributed by atoms with E-state index in [2.05, 4.69) is 13.8 Å². The molecule has 0 heterocycles. The first-order chi connectivity index (χ1) is 4.31. The van der Waals surface area contributed by atoms with Gasteiger partial charge in [-0.15, -0.1) is 0 Å². The van der Waals surface area contributed by atoms with Crippen LogP contribution in [0.4, 0.5) is 0 Å². The molecule has 0 unspecified atom stereocenters. The summed E-state index contributed by atoms with van der Waals surface area (Å²) >= 11 is 1.93. The van der Waals surface area contributed by atoms with Gasteiger partial charge in [0.05, 0.1) is 0 Å². The van der Waals surface area contributed by atoms with Gasteiger partial charge in [-0.25, -0.2) is 0 Å². The first-order valence-corrected chi connectivity index (χ1v) is 4.54. The Morgan fingerprint density at radius 3 is 2.56 bits per heavy atom. The van der Waals surface area contributed by atoms with Crippen molar-refractivity contribution in [2.75, 3.05) is 24.6 Å². The summed E-state index contributed by atoms with van der Waals surface area (Å²) in [6.45, 7) is 6.19. The molecule has 3 heteroatoms. The molecule has 0 aromatic rings. The van der Waals surface area contributed by atoms with Crippen molar-refractivity contribution in [3.05, 3.63) is 0 Å². The van der Waals surface area contributed by atoms with Gasteiger partial charge in [-0.1, -0.05) is 13.8 Å². The molecule has 0 N–H and O–H groups in total. The van der Waals surface area contributed by atoms with Crippen molar-refractivity contribution in [3.63, 3.8) is 0 Å². The Kier molecular flexibility index (Phi) is 6.76. The minimum absolute atomic E-state index is 0.949. The zero-order valence-electron chi connectivity index (χ0n) is 6.26. The van der Waals surface area contributed by atoms with Gasteiger partial charge in [-0.3, -0.25) is 0 Å². The van der Waals surface area contributed by atoms with E-state index in [9.17, 15) is 0 Å². The van der Waals surface area contributed by atoms with E-state index < -0.39 is 0 Å². The average molecular weight is 143 g/mol. The molecular formula is C6H14BNS.